The molecular formula is C7H11NO2. The Balaban J connectivity index is 0.000000810. The highest BCUT2D eigenvalue weighted by molar-refractivity contribution is 5.37. The molecular weight excluding hydrogens is 130 g/mol. The summed E-state index contributed by atoms with van der Waals surface area (Å²) in [5, 5.41) is 17.8. The van der Waals surface area contributed by atoms with Crippen LogP contribution in [0.15, 0.2) is 18.2 Å². The summed E-state index contributed by atoms with van der Waals surface area (Å²) in [6.45, 7) is 1.73. The van der Waals surface area contributed by atoms with Crippen molar-refractivity contribution in [1.29, 1.82) is 0 Å². The lowest BCUT2D eigenvalue weighted by molar-refractivity contribution is 0.456. The minimum absolute atomic E-state index is 0. The van der Waals surface area contributed by atoms with Crippen LogP contribution < -0.4 is 6.15 Å². The average molecular weight is 141 g/mol. The highest BCUT2D eigenvalue weighted by atomic mass is 16.3. The Kier molecular flexibility index (Phi) is 2.70. The molecule has 0 bridgehead atoms. The molecule has 0 amide bonds. The van der Waals surface area contributed by atoms with Crippen molar-refractivity contribution >= 4 is 0 Å². The van der Waals surface area contributed by atoms with E-state index < -0.39 is 0 Å². The highest BCUT2D eigenvalue weighted by Gasteiger charge is 1.93. The molecule has 1 aromatic rings. The van der Waals surface area contributed by atoms with Gasteiger partial charge in [0.1, 0.15) is 11.5 Å². The Morgan fingerprint density at radius 1 is 1.20 bits per heavy atom. The maximum Gasteiger partial charge on any atom is 0.118 e. The van der Waals surface area contributed by atoms with E-state index in [9.17, 15) is 0 Å². The van der Waals surface area contributed by atoms with Crippen LogP contribution in [0.1, 0.15) is 5.56 Å². The largest absolute Gasteiger partial charge is 0.508 e. The fourth-order valence-corrected chi connectivity index (χ4v) is 0.640. The maximum atomic E-state index is 8.93. The third kappa shape index (κ3) is 1.63. The lowest BCUT2D eigenvalue weighted by Crippen LogP contribution is -1.71. The van der Waals surface area contributed by atoms with E-state index in [-0.39, 0.29) is 17.6 Å². The molecule has 10 heavy (non-hydrogen) atoms. The van der Waals surface area contributed by atoms with E-state index in [1.54, 1.807) is 6.92 Å². The molecule has 0 aromatic heterocycles. The van der Waals surface area contributed by atoms with Crippen LogP contribution in [-0.2, 0) is 0 Å². The monoisotopic (exact) mass is 141 g/mol. The predicted octanol–water partition coefficient (Wildman–Crippen LogP) is 1.57. The number of hydrogen-bond acceptors (Lipinski definition) is 3. The van der Waals surface area contributed by atoms with Crippen molar-refractivity contribution in [1.82, 2.24) is 6.15 Å². The van der Waals surface area contributed by atoms with Gasteiger partial charge in [0.15, 0.2) is 0 Å². The first-order valence-electron chi connectivity index (χ1n) is 2.69. The number of rotatable bonds is 0. The summed E-state index contributed by atoms with van der Waals surface area (Å²) in [7, 11) is 0. The number of phenolic OH excluding ortho intramolecular Hbond substituents is 2. The van der Waals surface area contributed by atoms with E-state index in [0.29, 0.717) is 5.56 Å². The van der Waals surface area contributed by atoms with Gasteiger partial charge in [-0.25, -0.2) is 0 Å². The van der Waals surface area contributed by atoms with Gasteiger partial charge in [0, 0.05) is 0 Å². The van der Waals surface area contributed by atoms with Crippen LogP contribution in [0, 0.1) is 6.92 Å². The molecule has 0 fully saturated rings. The first-order chi connectivity index (χ1) is 4.20. The molecule has 0 aliphatic carbocycles. The summed E-state index contributed by atoms with van der Waals surface area (Å²) in [5.74, 6) is 0.401. The molecule has 0 aliphatic rings. The third-order valence-electron chi connectivity index (χ3n) is 1.18. The van der Waals surface area contributed by atoms with Gasteiger partial charge in [0.25, 0.3) is 0 Å². The van der Waals surface area contributed by atoms with E-state index in [0.717, 1.165) is 0 Å². The van der Waals surface area contributed by atoms with E-state index in [4.69, 9.17) is 10.2 Å². The number of phenols is 2. The van der Waals surface area contributed by atoms with E-state index in [1.165, 1.54) is 18.2 Å². The summed E-state index contributed by atoms with van der Waals surface area (Å²) >= 11 is 0. The van der Waals surface area contributed by atoms with Crippen molar-refractivity contribution in [2.75, 3.05) is 0 Å². The van der Waals surface area contributed by atoms with Crippen LogP contribution in [0.25, 0.3) is 0 Å². The van der Waals surface area contributed by atoms with Crippen molar-refractivity contribution in [3.8, 4) is 11.5 Å². The Hall–Kier alpha value is -1.22. The smallest absolute Gasteiger partial charge is 0.118 e. The number of benzene rings is 1. The van der Waals surface area contributed by atoms with Crippen LogP contribution in [0.3, 0.4) is 0 Å². The number of hydrogen-bond donors (Lipinski definition) is 3. The van der Waals surface area contributed by atoms with Crippen LogP contribution >= 0.6 is 0 Å². The minimum Gasteiger partial charge on any atom is -0.508 e. The summed E-state index contributed by atoms with van der Waals surface area (Å²) in [5.41, 5.74) is 0.690. The van der Waals surface area contributed by atoms with Crippen molar-refractivity contribution < 1.29 is 10.2 Å². The molecule has 1 aromatic carbocycles. The fraction of sp³-hybridized carbons (Fsp3) is 0.143. The van der Waals surface area contributed by atoms with Crippen molar-refractivity contribution in [2.24, 2.45) is 0 Å². The molecule has 0 unspecified atom stereocenters. The minimum atomic E-state index is 0. The predicted molar refractivity (Wildman–Crippen MR) is 39.5 cm³/mol. The quantitative estimate of drug-likeness (QED) is 0.480. The molecule has 56 valence electrons. The van der Waals surface area contributed by atoms with Crippen molar-refractivity contribution in [3.05, 3.63) is 23.8 Å². The lowest BCUT2D eigenvalue weighted by Gasteiger charge is -1.96. The third-order valence-corrected chi connectivity index (χ3v) is 1.18. The van der Waals surface area contributed by atoms with E-state index in [1.807, 2.05) is 0 Å². The fourth-order valence-electron chi connectivity index (χ4n) is 0.640. The Morgan fingerprint density at radius 3 is 2.20 bits per heavy atom. The van der Waals surface area contributed by atoms with Gasteiger partial charge < -0.3 is 16.4 Å². The molecule has 3 nitrogen and oxygen atoms in total. The lowest BCUT2D eigenvalue weighted by atomic mass is 10.2. The molecule has 0 saturated heterocycles. The van der Waals surface area contributed by atoms with Gasteiger partial charge in [-0.05, 0) is 30.7 Å². The van der Waals surface area contributed by atoms with Gasteiger partial charge in [0.05, 0.1) is 0 Å². The topological polar surface area (TPSA) is 75.5 Å². The Labute approximate surface area is 59.5 Å². The Morgan fingerprint density at radius 2 is 1.80 bits per heavy atom. The van der Waals surface area contributed by atoms with Crippen molar-refractivity contribution in [2.45, 2.75) is 6.92 Å². The summed E-state index contributed by atoms with van der Waals surface area (Å²) in [4.78, 5) is 0. The second-order valence-electron chi connectivity index (χ2n) is 1.97. The average Bonchev–Trinajstić information content (AvgIpc) is 1.80. The van der Waals surface area contributed by atoms with Crippen LogP contribution in [0.2, 0.25) is 0 Å². The first kappa shape index (κ1) is 8.78. The van der Waals surface area contributed by atoms with Gasteiger partial charge in [-0.2, -0.15) is 0 Å². The van der Waals surface area contributed by atoms with Crippen molar-refractivity contribution in [3.63, 3.8) is 0 Å². The van der Waals surface area contributed by atoms with E-state index in [2.05, 4.69) is 0 Å². The zero-order valence-corrected chi connectivity index (χ0v) is 5.83. The number of aromatic hydroxyl groups is 2. The maximum absolute atomic E-state index is 8.93. The summed E-state index contributed by atoms with van der Waals surface area (Å²) in [6, 6.07) is 4.42. The summed E-state index contributed by atoms with van der Waals surface area (Å²) in [6.07, 6.45) is 0. The van der Waals surface area contributed by atoms with Gasteiger partial charge in [0.2, 0.25) is 0 Å². The van der Waals surface area contributed by atoms with Crippen LogP contribution in [0.4, 0.5) is 0 Å². The molecule has 0 saturated carbocycles. The molecule has 0 radical (unpaired) electrons. The number of aryl methyl sites for hydroxylation is 1. The molecule has 0 heterocycles. The van der Waals surface area contributed by atoms with Gasteiger partial charge in [-0.15, -0.1) is 0 Å². The van der Waals surface area contributed by atoms with Gasteiger partial charge in [-0.3, -0.25) is 0 Å². The van der Waals surface area contributed by atoms with Crippen LogP contribution in [0.5, 0.6) is 11.5 Å². The molecule has 0 spiro atoms. The Bertz CT molecular complexity index is 223. The van der Waals surface area contributed by atoms with Gasteiger partial charge >= 0.3 is 0 Å². The molecule has 0 aliphatic heterocycles. The SMILES string of the molecule is Cc1cc(O)ccc1O.N. The molecule has 0 atom stereocenters. The first-order valence-corrected chi connectivity index (χ1v) is 2.69. The standard InChI is InChI=1S/C7H8O2.H3N/c1-5-4-6(8)2-3-7(5)9;/h2-4,8-9H,1H3;1H3. The molecule has 3 heteroatoms. The molecule has 1 rings (SSSR count). The summed E-state index contributed by atoms with van der Waals surface area (Å²) < 4.78 is 0. The highest BCUT2D eigenvalue weighted by Crippen LogP contribution is 2.19. The normalized spacial score (nSPS) is 8.50. The van der Waals surface area contributed by atoms with Gasteiger partial charge in [-0.1, -0.05) is 0 Å². The zero-order chi connectivity index (χ0) is 6.85. The van der Waals surface area contributed by atoms with E-state index >= 15 is 0 Å². The van der Waals surface area contributed by atoms with Crippen LogP contribution in [-0.4, -0.2) is 10.2 Å². The zero-order valence-electron chi connectivity index (χ0n) is 5.83. The molecule has 5 N–H and O–H groups in total. The second kappa shape index (κ2) is 3.08. The second-order valence-corrected chi connectivity index (χ2v) is 1.97.